The highest BCUT2D eigenvalue weighted by atomic mass is 35.5. The molecule has 0 atom stereocenters. The van der Waals surface area contributed by atoms with E-state index in [2.05, 4.69) is 0 Å². The van der Waals surface area contributed by atoms with E-state index in [1.807, 2.05) is 25.8 Å². The lowest BCUT2D eigenvalue weighted by molar-refractivity contribution is 0.215. The van der Waals surface area contributed by atoms with Crippen LogP contribution in [0.1, 0.15) is 19.4 Å². The number of hydrogen-bond acceptors (Lipinski definition) is 3. The maximum absolute atomic E-state index is 9.32. The van der Waals surface area contributed by atoms with Crippen molar-refractivity contribution in [3.63, 3.8) is 0 Å². The van der Waals surface area contributed by atoms with Crippen molar-refractivity contribution in [1.29, 1.82) is 0 Å². The van der Waals surface area contributed by atoms with E-state index in [9.17, 15) is 10.2 Å². The van der Waals surface area contributed by atoms with Gasteiger partial charge in [0.1, 0.15) is 0 Å². The first-order chi connectivity index (χ1) is 7.42. The number of rotatable bonds is 4. The van der Waals surface area contributed by atoms with Gasteiger partial charge in [-0.15, -0.1) is 0 Å². The van der Waals surface area contributed by atoms with E-state index in [4.69, 9.17) is 11.6 Å². The van der Waals surface area contributed by atoms with Gasteiger partial charge >= 0.3 is 0 Å². The molecule has 2 N–H and O–H groups in total. The Bertz CT molecular complexity index is 366. The van der Waals surface area contributed by atoms with Crippen molar-refractivity contribution < 1.29 is 10.2 Å². The summed E-state index contributed by atoms with van der Waals surface area (Å²) >= 11 is 5.94. The van der Waals surface area contributed by atoms with Crippen molar-refractivity contribution in [3.05, 3.63) is 28.8 Å². The molecule has 3 nitrogen and oxygen atoms in total. The molecule has 0 heterocycles. The summed E-state index contributed by atoms with van der Waals surface area (Å²) in [5, 5.41) is 19.2. The Kier molecular flexibility index (Phi) is 4.19. The highest BCUT2D eigenvalue weighted by Gasteiger charge is 2.24. The maximum atomic E-state index is 9.32. The highest BCUT2D eigenvalue weighted by molar-refractivity contribution is 6.30. The molecule has 90 valence electrons. The van der Waals surface area contributed by atoms with E-state index < -0.39 is 5.54 Å². The molecule has 0 spiro atoms. The number of nitrogens with zero attached hydrogens (tertiary/aromatic N) is 1. The summed E-state index contributed by atoms with van der Waals surface area (Å²) in [6.07, 6.45) is 0. The molecule has 0 fully saturated rings. The Hall–Kier alpha value is -0.770. The van der Waals surface area contributed by atoms with Crippen molar-refractivity contribution in [2.75, 3.05) is 18.6 Å². The molecule has 0 bridgehead atoms. The third kappa shape index (κ3) is 2.67. The Morgan fingerprint density at radius 3 is 2.44 bits per heavy atom. The Morgan fingerprint density at radius 2 is 1.94 bits per heavy atom. The first kappa shape index (κ1) is 13.3. The third-order valence-electron chi connectivity index (χ3n) is 2.87. The number of anilines is 1. The lowest BCUT2D eigenvalue weighted by Crippen LogP contribution is -2.44. The maximum Gasteiger partial charge on any atom is 0.0702 e. The zero-order valence-corrected chi connectivity index (χ0v) is 10.6. The van der Waals surface area contributed by atoms with Crippen molar-refractivity contribution >= 4 is 17.3 Å². The summed E-state index contributed by atoms with van der Waals surface area (Å²) in [5.41, 5.74) is 1.25. The van der Waals surface area contributed by atoms with Crippen LogP contribution in [0.4, 0.5) is 5.69 Å². The molecule has 16 heavy (non-hydrogen) atoms. The van der Waals surface area contributed by atoms with Gasteiger partial charge in [-0.05, 0) is 26.0 Å². The van der Waals surface area contributed by atoms with Crippen molar-refractivity contribution in [1.82, 2.24) is 0 Å². The fourth-order valence-corrected chi connectivity index (χ4v) is 1.58. The van der Waals surface area contributed by atoms with Crippen LogP contribution in [0.15, 0.2) is 18.2 Å². The predicted molar refractivity (Wildman–Crippen MR) is 66.9 cm³/mol. The molecular formula is C12H18ClNO2. The van der Waals surface area contributed by atoms with Gasteiger partial charge < -0.3 is 15.1 Å². The van der Waals surface area contributed by atoms with Crippen LogP contribution in [0.5, 0.6) is 0 Å². The van der Waals surface area contributed by atoms with Gasteiger partial charge in [-0.1, -0.05) is 17.7 Å². The Labute approximate surface area is 101 Å². The van der Waals surface area contributed by atoms with E-state index in [1.54, 1.807) is 18.2 Å². The van der Waals surface area contributed by atoms with Gasteiger partial charge in [-0.2, -0.15) is 0 Å². The molecule has 0 aliphatic heterocycles. The number of aliphatic hydroxyl groups excluding tert-OH is 2. The van der Waals surface area contributed by atoms with Crippen LogP contribution in [0.25, 0.3) is 0 Å². The summed E-state index contributed by atoms with van der Waals surface area (Å²) in [4.78, 5) is 1.92. The van der Waals surface area contributed by atoms with Crippen LogP contribution >= 0.6 is 11.6 Å². The second-order valence-corrected chi connectivity index (χ2v) is 4.90. The average Bonchev–Trinajstić information content (AvgIpc) is 2.28. The minimum absolute atomic E-state index is 0.0287. The number of aliphatic hydroxyl groups is 2. The van der Waals surface area contributed by atoms with Gasteiger partial charge in [0.05, 0.1) is 18.8 Å². The monoisotopic (exact) mass is 243 g/mol. The molecule has 1 rings (SSSR count). The van der Waals surface area contributed by atoms with Crippen LogP contribution in [0.2, 0.25) is 5.02 Å². The Balaban J connectivity index is 3.16. The number of halogens is 1. The largest absolute Gasteiger partial charge is 0.394 e. The molecule has 1 aromatic carbocycles. The molecule has 0 aliphatic carbocycles. The Morgan fingerprint density at radius 1 is 1.31 bits per heavy atom. The molecular weight excluding hydrogens is 226 g/mol. The SMILES string of the molecule is CN(c1cc(Cl)ccc1CO)C(C)(C)CO. The molecule has 0 unspecified atom stereocenters. The topological polar surface area (TPSA) is 43.7 Å². The summed E-state index contributed by atoms with van der Waals surface area (Å²) in [6.45, 7) is 3.84. The summed E-state index contributed by atoms with van der Waals surface area (Å²) in [5.74, 6) is 0. The van der Waals surface area contributed by atoms with Gasteiger partial charge in [0.15, 0.2) is 0 Å². The number of benzene rings is 1. The van der Waals surface area contributed by atoms with Crippen LogP contribution in [0, 0.1) is 0 Å². The van der Waals surface area contributed by atoms with Crippen LogP contribution in [0.3, 0.4) is 0 Å². The van der Waals surface area contributed by atoms with E-state index in [1.165, 1.54) is 0 Å². The molecule has 0 saturated heterocycles. The summed E-state index contributed by atoms with van der Waals surface area (Å²) < 4.78 is 0. The molecule has 0 radical (unpaired) electrons. The molecule has 0 saturated carbocycles. The van der Waals surface area contributed by atoms with Gasteiger partial charge in [0, 0.05) is 23.3 Å². The first-order valence-corrected chi connectivity index (χ1v) is 5.54. The van der Waals surface area contributed by atoms with Crippen LogP contribution < -0.4 is 4.90 Å². The van der Waals surface area contributed by atoms with Crippen molar-refractivity contribution in [3.8, 4) is 0 Å². The molecule has 4 heteroatoms. The zero-order chi connectivity index (χ0) is 12.3. The summed E-state index contributed by atoms with van der Waals surface area (Å²) in [7, 11) is 1.88. The average molecular weight is 244 g/mol. The van der Waals surface area contributed by atoms with Gasteiger partial charge in [0.25, 0.3) is 0 Å². The van der Waals surface area contributed by atoms with E-state index in [0.29, 0.717) is 5.02 Å². The smallest absolute Gasteiger partial charge is 0.0702 e. The minimum Gasteiger partial charge on any atom is -0.394 e. The van der Waals surface area contributed by atoms with E-state index in [-0.39, 0.29) is 13.2 Å². The second-order valence-electron chi connectivity index (χ2n) is 4.46. The quantitative estimate of drug-likeness (QED) is 0.851. The lowest BCUT2D eigenvalue weighted by atomic mass is 10.0. The second kappa shape index (κ2) is 5.04. The van der Waals surface area contributed by atoms with Crippen molar-refractivity contribution in [2.45, 2.75) is 26.0 Å². The zero-order valence-electron chi connectivity index (χ0n) is 9.87. The third-order valence-corrected chi connectivity index (χ3v) is 3.11. The van der Waals surface area contributed by atoms with Gasteiger partial charge in [-0.25, -0.2) is 0 Å². The molecule has 0 aromatic heterocycles. The predicted octanol–water partition coefficient (Wildman–Crippen LogP) is 2.04. The minimum atomic E-state index is -0.394. The summed E-state index contributed by atoms with van der Waals surface area (Å²) in [6, 6.07) is 5.34. The molecule has 0 amide bonds. The molecule has 1 aromatic rings. The highest BCUT2D eigenvalue weighted by Crippen LogP contribution is 2.28. The fraction of sp³-hybridized carbons (Fsp3) is 0.500. The lowest BCUT2D eigenvalue weighted by Gasteiger charge is -2.37. The first-order valence-electron chi connectivity index (χ1n) is 5.16. The normalized spacial score (nSPS) is 11.6. The van der Waals surface area contributed by atoms with Crippen LogP contribution in [-0.2, 0) is 6.61 Å². The van der Waals surface area contributed by atoms with Crippen LogP contribution in [-0.4, -0.2) is 29.4 Å². The van der Waals surface area contributed by atoms with Crippen molar-refractivity contribution in [2.24, 2.45) is 0 Å². The van der Waals surface area contributed by atoms with Gasteiger partial charge in [0.2, 0.25) is 0 Å². The number of likely N-dealkylation sites (N-methyl/N-ethyl adjacent to an activating group) is 1. The number of hydrogen-bond donors (Lipinski definition) is 2. The van der Waals surface area contributed by atoms with E-state index >= 15 is 0 Å². The van der Waals surface area contributed by atoms with Gasteiger partial charge in [-0.3, -0.25) is 0 Å². The molecule has 0 aliphatic rings. The standard InChI is InChI=1S/C12H18ClNO2/c1-12(2,8-16)14(3)11-6-10(13)5-4-9(11)7-15/h4-6,15-16H,7-8H2,1-3H3. The van der Waals surface area contributed by atoms with E-state index in [0.717, 1.165) is 11.3 Å². The fourth-order valence-electron chi connectivity index (χ4n) is 1.42.